The van der Waals surface area contributed by atoms with Gasteiger partial charge in [0.15, 0.2) is 0 Å². The quantitative estimate of drug-likeness (QED) is 0.825. The van der Waals surface area contributed by atoms with Crippen molar-refractivity contribution in [1.29, 1.82) is 0 Å². The van der Waals surface area contributed by atoms with Gasteiger partial charge in [-0.2, -0.15) is 0 Å². The standard InChI is InChI=1S/C16H21N3O2S2/c1-11-3-13(18-21-11)5-19-9-16(10-19)4-15(8-23-16)20-6-14-7-22-12(2)17-14/h3,7,15H,4-6,8-10H2,1-2H3/t15-/m0/s1. The molecule has 7 heteroatoms. The molecule has 23 heavy (non-hydrogen) atoms. The van der Waals surface area contributed by atoms with Crippen molar-refractivity contribution >= 4 is 23.1 Å². The predicted octanol–water partition coefficient (Wildman–Crippen LogP) is 3.02. The van der Waals surface area contributed by atoms with Crippen LogP contribution < -0.4 is 0 Å². The Morgan fingerprint density at radius 1 is 1.39 bits per heavy atom. The van der Waals surface area contributed by atoms with Gasteiger partial charge in [0.1, 0.15) is 5.76 Å². The van der Waals surface area contributed by atoms with Gasteiger partial charge in [-0.25, -0.2) is 4.98 Å². The molecule has 0 amide bonds. The maximum atomic E-state index is 6.07. The van der Waals surface area contributed by atoms with Crippen LogP contribution in [0, 0.1) is 13.8 Å². The highest BCUT2D eigenvalue weighted by Gasteiger charge is 2.49. The van der Waals surface area contributed by atoms with Crippen molar-refractivity contribution in [1.82, 2.24) is 15.0 Å². The summed E-state index contributed by atoms with van der Waals surface area (Å²) < 4.78 is 11.6. The maximum Gasteiger partial charge on any atom is 0.133 e. The largest absolute Gasteiger partial charge is 0.371 e. The van der Waals surface area contributed by atoms with Crippen molar-refractivity contribution < 1.29 is 9.26 Å². The molecule has 0 radical (unpaired) electrons. The molecule has 0 aliphatic carbocycles. The van der Waals surface area contributed by atoms with E-state index < -0.39 is 0 Å². The molecule has 2 aromatic rings. The van der Waals surface area contributed by atoms with Crippen molar-refractivity contribution in [2.24, 2.45) is 0 Å². The molecule has 1 spiro atoms. The van der Waals surface area contributed by atoms with Crippen LogP contribution in [0.3, 0.4) is 0 Å². The first-order chi connectivity index (χ1) is 11.1. The van der Waals surface area contributed by atoms with E-state index in [2.05, 4.69) is 32.2 Å². The van der Waals surface area contributed by atoms with Gasteiger partial charge in [-0.3, -0.25) is 4.90 Å². The number of thioether (sulfide) groups is 1. The Balaban J connectivity index is 1.23. The fourth-order valence-corrected chi connectivity index (χ4v) is 5.61. The third kappa shape index (κ3) is 3.47. The van der Waals surface area contributed by atoms with Crippen LogP contribution in [0.5, 0.6) is 0 Å². The molecule has 0 aromatic carbocycles. The number of nitrogens with zero attached hydrogens (tertiary/aromatic N) is 3. The summed E-state index contributed by atoms with van der Waals surface area (Å²) in [7, 11) is 0. The van der Waals surface area contributed by atoms with Crippen LogP contribution >= 0.6 is 23.1 Å². The molecule has 0 bridgehead atoms. The number of ether oxygens (including phenoxy) is 1. The van der Waals surface area contributed by atoms with Crippen molar-refractivity contribution in [3.8, 4) is 0 Å². The molecule has 124 valence electrons. The van der Waals surface area contributed by atoms with Crippen LogP contribution in [-0.2, 0) is 17.9 Å². The van der Waals surface area contributed by atoms with E-state index in [1.54, 1.807) is 11.3 Å². The van der Waals surface area contributed by atoms with Crippen LogP contribution in [0.2, 0.25) is 0 Å². The molecular weight excluding hydrogens is 330 g/mol. The molecule has 0 saturated carbocycles. The zero-order valence-corrected chi connectivity index (χ0v) is 15.1. The minimum Gasteiger partial charge on any atom is -0.371 e. The van der Waals surface area contributed by atoms with Crippen LogP contribution in [0.25, 0.3) is 0 Å². The van der Waals surface area contributed by atoms with E-state index in [-0.39, 0.29) is 0 Å². The lowest BCUT2D eigenvalue weighted by Crippen LogP contribution is -2.58. The highest BCUT2D eigenvalue weighted by atomic mass is 32.2. The first kappa shape index (κ1) is 15.6. The lowest BCUT2D eigenvalue weighted by molar-refractivity contribution is 0.0248. The average Bonchev–Trinajstić information content (AvgIpc) is 3.17. The fraction of sp³-hybridized carbons (Fsp3) is 0.625. The molecule has 2 aliphatic heterocycles. The second-order valence-corrected chi connectivity index (χ2v) is 9.11. The van der Waals surface area contributed by atoms with Crippen LogP contribution in [0.4, 0.5) is 0 Å². The van der Waals surface area contributed by atoms with Crippen LogP contribution in [-0.4, -0.2) is 44.7 Å². The normalized spacial score (nSPS) is 23.5. The molecular formula is C16H21N3O2S2. The predicted molar refractivity (Wildman–Crippen MR) is 91.8 cm³/mol. The van der Waals surface area contributed by atoms with Crippen LogP contribution in [0.15, 0.2) is 16.0 Å². The Morgan fingerprint density at radius 3 is 2.96 bits per heavy atom. The summed E-state index contributed by atoms with van der Waals surface area (Å²) in [5, 5.41) is 7.28. The molecule has 2 saturated heterocycles. The number of rotatable bonds is 5. The van der Waals surface area contributed by atoms with Crippen molar-refractivity contribution in [3.05, 3.63) is 33.6 Å². The topological polar surface area (TPSA) is 51.4 Å². The number of aryl methyl sites for hydroxylation is 2. The fourth-order valence-electron chi connectivity index (χ4n) is 3.41. The van der Waals surface area contributed by atoms with Crippen molar-refractivity contribution in [2.75, 3.05) is 18.8 Å². The number of aromatic nitrogens is 2. The Kier molecular flexibility index (Phi) is 4.21. The van der Waals surface area contributed by atoms with E-state index >= 15 is 0 Å². The average molecular weight is 351 g/mol. The van der Waals surface area contributed by atoms with E-state index in [1.165, 1.54) is 0 Å². The van der Waals surface area contributed by atoms with Gasteiger partial charge >= 0.3 is 0 Å². The van der Waals surface area contributed by atoms with Crippen molar-refractivity contribution in [2.45, 2.75) is 44.3 Å². The molecule has 2 aliphatic rings. The molecule has 1 atom stereocenters. The maximum absolute atomic E-state index is 6.07. The summed E-state index contributed by atoms with van der Waals surface area (Å²) in [4.78, 5) is 6.91. The first-order valence-electron chi connectivity index (χ1n) is 7.91. The first-order valence-corrected chi connectivity index (χ1v) is 9.78. The van der Waals surface area contributed by atoms with E-state index in [0.717, 1.165) is 54.0 Å². The minimum atomic E-state index is 0.360. The summed E-state index contributed by atoms with van der Waals surface area (Å²) in [5.74, 6) is 1.98. The Labute approximate surface area is 144 Å². The lowest BCUT2D eigenvalue weighted by Gasteiger charge is -2.47. The Bertz CT molecular complexity index is 678. The number of hydrogen-bond acceptors (Lipinski definition) is 7. The highest BCUT2D eigenvalue weighted by molar-refractivity contribution is 8.01. The zero-order chi connectivity index (χ0) is 15.9. The van der Waals surface area contributed by atoms with E-state index in [1.807, 2.05) is 19.9 Å². The van der Waals surface area contributed by atoms with Crippen molar-refractivity contribution in [3.63, 3.8) is 0 Å². The van der Waals surface area contributed by atoms with Gasteiger partial charge in [0.25, 0.3) is 0 Å². The Morgan fingerprint density at radius 2 is 2.26 bits per heavy atom. The molecule has 2 fully saturated rings. The summed E-state index contributed by atoms with van der Waals surface area (Å²) in [6, 6.07) is 2.02. The molecule has 4 heterocycles. The minimum absolute atomic E-state index is 0.360. The summed E-state index contributed by atoms with van der Waals surface area (Å²) in [6.07, 6.45) is 1.51. The summed E-state index contributed by atoms with van der Waals surface area (Å²) >= 11 is 3.76. The van der Waals surface area contributed by atoms with Gasteiger partial charge in [0.2, 0.25) is 0 Å². The van der Waals surface area contributed by atoms with Crippen LogP contribution in [0.1, 0.15) is 28.6 Å². The second-order valence-electron chi connectivity index (χ2n) is 6.56. The third-order valence-corrected chi connectivity index (χ3v) is 6.79. The van der Waals surface area contributed by atoms with Gasteiger partial charge in [0, 0.05) is 41.6 Å². The zero-order valence-electron chi connectivity index (χ0n) is 13.4. The summed E-state index contributed by atoms with van der Waals surface area (Å²) in [5.41, 5.74) is 2.10. The van der Waals surface area contributed by atoms with E-state index in [4.69, 9.17) is 9.26 Å². The van der Waals surface area contributed by atoms with Gasteiger partial charge in [0.05, 0.1) is 29.1 Å². The second kappa shape index (κ2) is 6.20. The highest BCUT2D eigenvalue weighted by Crippen LogP contribution is 2.46. The molecule has 0 unspecified atom stereocenters. The van der Waals surface area contributed by atoms with Gasteiger partial charge in [-0.1, -0.05) is 5.16 Å². The number of hydrogen-bond donors (Lipinski definition) is 0. The molecule has 4 rings (SSSR count). The SMILES string of the molecule is Cc1cc(CN2CC3(C[C@H](OCc4csc(C)n4)CS3)C2)no1. The number of likely N-dealkylation sites (tertiary alicyclic amines) is 1. The van der Waals surface area contributed by atoms with Gasteiger partial charge in [-0.05, 0) is 20.3 Å². The van der Waals surface area contributed by atoms with Gasteiger partial charge < -0.3 is 9.26 Å². The summed E-state index contributed by atoms with van der Waals surface area (Å²) in [6.45, 7) is 7.76. The smallest absolute Gasteiger partial charge is 0.133 e. The molecule has 0 N–H and O–H groups in total. The van der Waals surface area contributed by atoms with Gasteiger partial charge in [-0.15, -0.1) is 23.1 Å². The third-order valence-electron chi connectivity index (χ3n) is 4.39. The van der Waals surface area contributed by atoms with E-state index in [0.29, 0.717) is 17.5 Å². The lowest BCUT2D eigenvalue weighted by atomic mass is 9.93. The number of thiazole rings is 1. The molecule has 2 aromatic heterocycles. The van der Waals surface area contributed by atoms with E-state index in [9.17, 15) is 0 Å². The monoisotopic (exact) mass is 351 g/mol. The Hall–Kier alpha value is -0.890. The molecule has 5 nitrogen and oxygen atoms in total.